The third-order valence-corrected chi connectivity index (χ3v) is 4.98. The van der Waals surface area contributed by atoms with Crippen LogP contribution in [0.25, 0.3) is 16.8 Å². The molecular formula is C20H14O2. The smallest absolute Gasteiger partial charge is 0.311 e. The maximum Gasteiger partial charge on any atom is 0.311 e. The lowest BCUT2D eigenvalue weighted by atomic mass is 9.70. The normalized spacial score (nSPS) is 27.9. The molecule has 2 aliphatic carbocycles. The highest BCUT2D eigenvalue weighted by molar-refractivity contribution is 5.88. The van der Waals surface area contributed by atoms with Gasteiger partial charge in [-0.3, -0.25) is 4.79 Å². The lowest BCUT2D eigenvalue weighted by Gasteiger charge is -2.38. The highest BCUT2D eigenvalue weighted by atomic mass is 16.6. The predicted molar refractivity (Wildman–Crippen MR) is 86.4 cm³/mol. The highest BCUT2D eigenvalue weighted by Gasteiger charge is 2.51. The quantitative estimate of drug-likeness (QED) is 0.681. The fraction of sp³-hybridized carbons (Fsp3) is 0.150. The van der Waals surface area contributed by atoms with Gasteiger partial charge in [0.15, 0.2) is 5.60 Å². The SMILES string of the molecule is O=C1CC2=CC=C[C@H]3c4cc5ccccc5cc4C=C[C@@]23O1. The Labute approximate surface area is 128 Å². The zero-order valence-corrected chi connectivity index (χ0v) is 12.0. The van der Waals surface area contributed by atoms with Crippen molar-refractivity contribution in [1.82, 2.24) is 0 Å². The van der Waals surface area contributed by atoms with Crippen molar-refractivity contribution in [3.8, 4) is 0 Å². The molecule has 1 saturated heterocycles. The molecule has 1 spiro atoms. The number of hydrogen-bond acceptors (Lipinski definition) is 2. The van der Waals surface area contributed by atoms with Crippen LogP contribution in [0.15, 0.2) is 66.3 Å². The second-order valence-electron chi connectivity index (χ2n) is 6.16. The summed E-state index contributed by atoms with van der Waals surface area (Å²) in [5.41, 5.74) is 2.92. The van der Waals surface area contributed by atoms with Crippen LogP contribution in [-0.4, -0.2) is 11.6 Å². The molecule has 0 amide bonds. The molecule has 0 saturated carbocycles. The summed E-state index contributed by atoms with van der Waals surface area (Å²) in [7, 11) is 0. The molecule has 0 aromatic heterocycles. The van der Waals surface area contributed by atoms with E-state index >= 15 is 0 Å². The van der Waals surface area contributed by atoms with Gasteiger partial charge in [0, 0.05) is 0 Å². The summed E-state index contributed by atoms with van der Waals surface area (Å²) in [5, 5.41) is 2.46. The number of carbonyl (C=O) groups is 1. The van der Waals surface area contributed by atoms with Gasteiger partial charge in [-0.05, 0) is 45.7 Å². The van der Waals surface area contributed by atoms with E-state index in [1.807, 2.05) is 6.08 Å². The van der Waals surface area contributed by atoms with Crippen LogP contribution in [0, 0.1) is 0 Å². The summed E-state index contributed by atoms with van der Waals surface area (Å²) in [6.07, 6.45) is 10.8. The van der Waals surface area contributed by atoms with Gasteiger partial charge in [0.05, 0.1) is 12.3 Å². The molecule has 2 heteroatoms. The Hall–Kier alpha value is -2.61. The minimum Gasteiger partial charge on any atom is -0.449 e. The van der Waals surface area contributed by atoms with Crippen molar-refractivity contribution in [1.29, 1.82) is 0 Å². The Morgan fingerprint density at radius 3 is 2.82 bits per heavy atom. The molecule has 5 rings (SSSR count). The van der Waals surface area contributed by atoms with E-state index in [-0.39, 0.29) is 11.9 Å². The molecule has 0 radical (unpaired) electrons. The standard InChI is InChI=1S/C20H14O2/c21-19-12-16-6-3-7-18-17-11-14-5-2-1-4-13(14)10-15(17)8-9-20(16,18)22-19/h1-11,18H,12H2/t18-,20+/m0/s1. The van der Waals surface area contributed by atoms with Crippen molar-refractivity contribution < 1.29 is 9.53 Å². The molecule has 2 aromatic rings. The second kappa shape index (κ2) is 3.98. The van der Waals surface area contributed by atoms with Gasteiger partial charge < -0.3 is 4.74 Å². The maximum atomic E-state index is 11.9. The molecule has 106 valence electrons. The summed E-state index contributed by atoms with van der Waals surface area (Å²) in [6, 6.07) is 12.8. The molecule has 2 nitrogen and oxygen atoms in total. The van der Waals surface area contributed by atoms with Crippen molar-refractivity contribution in [3.05, 3.63) is 77.4 Å². The molecule has 0 N–H and O–H groups in total. The number of fused-ring (bicyclic) bond motifs is 3. The average Bonchev–Trinajstić information content (AvgIpc) is 2.87. The summed E-state index contributed by atoms with van der Waals surface area (Å²) in [6.45, 7) is 0. The van der Waals surface area contributed by atoms with E-state index in [0.717, 1.165) is 5.57 Å². The Morgan fingerprint density at radius 2 is 1.95 bits per heavy atom. The monoisotopic (exact) mass is 286 g/mol. The first-order chi connectivity index (χ1) is 10.8. The van der Waals surface area contributed by atoms with Crippen molar-refractivity contribution in [2.75, 3.05) is 0 Å². The molecule has 0 unspecified atom stereocenters. The second-order valence-corrected chi connectivity index (χ2v) is 6.16. The van der Waals surface area contributed by atoms with Gasteiger partial charge in [0.2, 0.25) is 0 Å². The Balaban J connectivity index is 1.78. The number of benzene rings is 2. The molecule has 1 heterocycles. The summed E-state index contributed by atoms with van der Waals surface area (Å²) < 4.78 is 5.78. The van der Waals surface area contributed by atoms with E-state index in [4.69, 9.17) is 4.74 Å². The van der Waals surface area contributed by atoms with Crippen LogP contribution in [0.2, 0.25) is 0 Å². The van der Waals surface area contributed by atoms with Crippen LogP contribution < -0.4 is 0 Å². The van der Waals surface area contributed by atoms with Gasteiger partial charge in [0.1, 0.15) is 0 Å². The summed E-state index contributed by atoms with van der Waals surface area (Å²) >= 11 is 0. The van der Waals surface area contributed by atoms with Crippen LogP contribution in [0.1, 0.15) is 23.5 Å². The van der Waals surface area contributed by atoms with Gasteiger partial charge in [-0.1, -0.05) is 48.6 Å². The van der Waals surface area contributed by atoms with E-state index < -0.39 is 5.60 Å². The highest BCUT2D eigenvalue weighted by Crippen LogP contribution is 2.51. The molecule has 1 aliphatic heterocycles. The van der Waals surface area contributed by atoms with E-state index in [9.17, 15) is 4.79 Å². The Morgan fingerprint density at radius 1 is 1.14 bits per heavy atom. The zero-order chi connectivity index (χ0) is 14.7. The molecule has 2 aromatic carbocycles. The molecule has 3 aliphatic rings. The first-order valence-electron chi connectivity index (χ1n) is 7.58. The average molecular weight is 286 g/mol. The number of carbonyl (C=O) groups excluding carboxylic acids is 1. The van der Waals surface area contributed by atoms with Crippen molar-refractivity contribution >= 4 is 22.8 Å². The maximum absolute atomic E-state index is 11.9. The molecular weight excluding hydrogens is 272 g/mol. The Bertz CT molecular complexity index is 916. The lowest BCUT2D eigenvalue weighted by molar-refractivity contribution is -0.145. The number of esters is 1. The van der Waals surface area contributed by atoms with Crippen LogP contribution in [0.5, 0.6) is 0 Å². The summed E-state index contributed by atoms with van der Waals surface area (Å²) in [5.74, 6) is -0.0580. The van der Waals surface area contributed by atoms with E-state index in [1.165, 1.54) is 21.9 Å². The van der Waals surface area contributed by atoms with E-state index in [0.29, 0.717) is 6.42 Å². The van der Waals surface area contributed by atoms with E-state index in [2.05, 4.69) is 60.7 Å². The number of ether oxygens (including phenoxy) is 1. The number of allylic oxidation sites excluding steroid dienone is 2. The van der Waals surface area contributed by atoms with Gasteiger partial charge >= 0.3 is 5.97 Å². The predicted octanol–water partition coefficient (Wildman–Crippen LogP) is 4.13. The van der Waals surface area contributed by atoms with E-state index in [1.54, 1.807) is 0 Å². The summed E-state index contributed by atoms with van der Waals surface area (Å²) in [4.78, 5) is 11.9. The fourth-order valence-electron chi connectivity index (χ4n) is 3.94. The van der Waals surface area contributed by atoms with Crippen LogP contribution in [-0.2, 0) is 9.53 Å². The molecule has 0 bridgehead atoms. The number of hydrogen-bond donors (Lipinski definition) is 0. The van der Waals surface area contributed by atoms with Crippen LogP contribution in [0.3, 0.4) is 0 Å². The van der Waals surface area contributed by atoms with Crippen molar-refractivity contribution in [2.45, 2.75) is 17.9 Å². The topological polar surface area (TPSA) is 26.3 Å². The third-order valence-electron chi connectivity index (χ3n) is 4.98. The molecule has 22 heavy (non-hydrogen) atoms. The molecule has 1 fully saturated rings. The minimum atomic E-state index is -0.596. The van der Waals surface area contributed by atoms with Gasteiger partial charge in [-0.2, -0.15) is 0 Å². The third kappa shape index (κ3) is 1.42. The Kier molecular flexibility index (Phi) is 2.17. The van der Waals surface area contributed by atoms with Crippen molar-refractivity contribution in [2.24, 2.45) is 0 Å². The zero-order valence-electron chi connectivity index (χ0n) is 12.0. The first-order valence-corrected chi connectivity index (χ1v) is 7.58. The lowest BCUT2D eigenvalue weighted by Crippen LogP contribution is -2.38. The van der Waals surface area contributed by atoms with Gasteiger partial charge in [-0.15, -0.1) is 0 Å². The van der Waals surface area contributed by atoms with Gasteiger partial charge in [0.25, 0.3) is 0 Å². The largest absolute Gasteiger partial charge is 0.449 e. The fourth-order valence-corrected chi connectivity index (χ4v) is 3.94. The van der Waals surface area contributed by atoms with Crippen LogP contribution in [0.4, 0.5) is 0 Å². The van der Waals surface area contributed by atoms with Crippen molar-refractivity contribution in [3.63, 3.8) is 0 Å². The number of rotatable bonds is 0. The molecule has 2 atom stereocenters. The van der Waals surface area contributed by atoms with Gasteiger partial charge in [-0.25, -0.2) is 0 Å². The minimum absolute atomic E-state index is 0.0727. The first kappa shape index (κ1) is 12.0. The van der Waals surface area contributed by atoms with Crippen LogP contribution >= 0.6 is 0 Å².